The number of fused-ring (bicyclic) bond motifs is 1. The lowest BCUT2D eigenvalue weighted by molar-refractivity contribution is 0.689. The fourth-order valence-corrected chi connectivity index (χ4v) is 2.20. The first-order chi connectivity index (χ1) is 8.86. The first-order valence-electron chi connectivity index (χ1n) is 6.30. The molecule has 0 saturated heterocycles. The molecule has 1 aromatic carbocycles. The summed E-state index contributed by atoms with van der Waals surface area (Å²) in [4.78, 5) is 7.93. The van der Waals surface area contributed by atoms with E-state index in [4.69, 9.17) is 6.57 Å². The predicted octanol–water partition coefficient (Wildman–Crippen LogP) is 2.91. The third-order valence-corrected chi connectivity index (χ3v) is 3.26. The monoisotopic (exact) mass is 237 g/mol. The molecule has 3 nitrogen and oxygen atoms in total. The Morgan fingerprint density at radius 2 is 2.28 bits per heavy atom. The zero-order chi connectivity index (χ0) is 12.4. The van der Waals surface area contributed by atoms with Gasteiger partial charge in [-0.15, -0.1) is 0 Å². The van der Waals surface area contributed by atoms with Crippen molar-refractivity contribution in [3.63, 3.8) is 0 Å². The number of benzene rings is 1. The molecule has 0 radical (unpaired) electrons. The number of nitrogens with zero attached hydrogens (tertiary/aromatic N) is 2. The summed E-state index contributed by atoms with van der Waals surface area (Å²) in [6.07, 6.45) is 4.40. The van der Waals surface area contributed by atoms with Crippen LogP contribution in [-0.4, -0.2) is 11.0 Å². The van der Waals surface area contributed by atoms with E-state index in [0.29, 0.717) is 12.6 Å². The summed E-state index contributed by atoms with van der Waals surface area (Å²) in [5.74, 6) is 0. The lowest BCUT2D eigenvalue weighted by Gasteiger charge is -2.08. The third-order valence-electron chi connectivity index (χ3n) is 3.26. The van der Waals surface area contributed by atoms with Crippen molar-refractivity contribution in [2.45, 2.75) is 32.0 Å². The Labute approximate surface area is 107 Å². The van der Waals surface area contributed by atoms with Crippen molar-refractivity contribution >= 4 is 10.9 Å². The van der Waals surface area contributed by atoms with Gasteiger partial charge < -0.3 is 10.2 Å². The quantitative estimate of drug-likeness (QED) is 0.828. The second-order valence-corrected chi connectivity index (χ2v) is 4.80. The lowest BCUT2D eigenvalue weighted by Crippen LogP contribution is -2.15. The van der Waals surface area contributed by atoms with Crippen LogP contribution in [0.2, 0.25) is 0 Å². The maximum atomic E-state index is 6.99. The summed E-state index contributed by atoms with van der Waals surface area (Å²) in [6, 6.07) is 8.88. The highest BCUT2D eigenvalue weighted by Crippen LogP contribution is 2.23. The minimum atomic E-state index is 0.446. The standard InChI is InChI=1S/C15H15N3/c1-16-9-11-7-12-3-2-6-17-15(12)13(8-11)10-18-14-4-5-14/h2-3,6-8,14,18H,4-5,9-10H2. The van der Waals surface area contributed by atoms with Crippen LogP contribution in [0.15, 0.2) is 30.5 Å². The highest BCUT2D eigenvalue weighted by Gasteiger charge is 2.20. The van der Waals surface area contributed by atoms with Crippen molar-refractivity contribution in [1.29, 1.82) is 0 Å². The van der Waals surface area contributed by atoms with Crippen LogP contribution >= 0.6 is 0 Å². The Kier molecular flexibility index (Phi) is 2.95. The smallest absolute Gasteiger partial charge is 0.239 e. The molecule has 1 heterocycles. The molecule has 1 fully saturated rings. The molecule has 0 amide bonds. The fraction of sp³-hybridized carbons (Fsp3) is 0.333. The van der Waals surface area contributed by atoms with E-state index in [9.17, 15) is 0 Å². The van der Waals surface area contributed by atoms with Crippen molar-refractivity contribution in [3.05, 3.63) is 53.0 Å². The van der Waals surface area contributed by atoms with E-state index in [2.05, 4.69) is 33.3 Å². The molecule has 1 aliphatic rings. The molecule has 0 aliphatic heterocycles. The molecule has 3 heteroatoms. The first-order valence-corrected chi connectivity index (χ1v) is 6.30. The molecular weight excluding hydrogens is 222 g/mol. The predicted molar refractivity (Wildman–Crippen MR) is 71.9 cm³/mol. The Hall–Kier alpha value is -1.92. The van der Waals surface area contributed by atoms with Crippen LogP contribution in [0, 0.1) is 6.57 Å². The number of nitrogens with one attached hydrogen (secondary N) is 1. The molecule has 1 N–H and O–H groups in total. The van der Waals surface area contributed by atoms with E-state index in [1.165, 1.54) is 18.4 Å². The Balaban J connectivity index is 1.99. The average Bonchev–Trinajstić information content (AvgIpc) is 3.20. The van der Waals surface area contributed by atoms with E-state index in [-0.39, 0.29) is 0 Å². The largest absolute Gasteiger partial charge is 0.312 e. The molecule has 0 bridgehead atoms. The Morgan fingerprint density at radius 1 is 1.39 bits per heavy atom. The summed E-state index contributed by atoms with van der Waals surface area (Å²) in [7, 11) is 0. The Morgan fingerprint density at radius 3 is 3.06 bits per heavy atom. The molecule has 1 saturated carbocycles. The second-order valence-electron chi connectivity index (χ2n) is 4.80. The van der Waals surface area contributed by atoms with Crippen LogP contribution in [-0.2, 0) is 13.1 Å². The molecule has 1 aliphatic carbocycles. The molecule has 0 atom stereocenters. The number of pyridine rings is 1. The van der Waals surface area contributed by atoms with Crippen molar-refractivity contribution in [1.82, 2.24) is 10.3 Å². The molecule has 2 aromatic rings. The zero-order valence-corrected chi connectivity index (χ0v) is 10.2. The second kappa shape index (κ2) is 4.75. The van der Waals surface area contributed by atoms with Crippen molar-refractivity contribution < 1.29 is 0 Å². The van der Waals surface area contributed by atoms with Gasteiger partial charge in [0.25, 0.3) is 0 Å². The summed E-state index contributed by atoms with van der Waals surface area (Å²) < 4.78 is 0. The molecule has 3 rings (SSSR count). The average molecular weight is 237 g/mol. The minimum absolute atomic E-state index is 0.446. The van der Waals surface area contributed by atoms with Gasteiger partial charge in [0.1, 0.15) is 0 Å². The molecule has 0 unspecified atom stereocenters. The maximum absolute atomic E-state index is 6.99. The third kappa shape index (κ3) is 2.34. The lowest BCUT2D eigenvalue weighted by atomic mass is 10.0. The highest BCUT2D eigenvalue weighted by atomic mass is 14.9. The molecular formula is C15H15N3. The van der Waals surface area contributed by atoms with Gasteiger partial charge in [-0.3, -0.25) is 4.98 Å². The van der Waals surface area contributed by atoms with Crippen molar-refractivity contribution in [2.24, 2.45) is 0 Å². The van der Waals surface area contributed by atoms with Gasteiger partial charge in [-0.2, -0.15) is 0 Å². The summed E-state index contributed by atoms with van der Waals surface area (Å²) in [5, 5.41) is 4.65. The van der Waals surface area contributed by atoms with Crippen LogP contribution < -0.4 is 5.32 Å². The van der Waals surface area contributed by atoms with Crippen LogP contribution in [0.25, 0.3) is 15.7 Å². The van der Waals surface area contributed by atoms with Crippen LogP contribution in [0.3, 0.4) is 0 Å². The first kappa shape index (κ1) is 11.2. The molecule has 0 spiro atoms. The maximum Gasteiger partial charge on any atom is 0.239 e. The van der Waals surface area contributed by atoms with Crippen LogP contribution in [0.5, 0.6) is 0 Å². The highest BCUT2D eigenvalue weighted by molar-refractivity contribution is 5.82. The van der Waals surface area contributed by atoms with Crippen molar-refractivity contribution in [3.8, 4) is 0 Å². The summed E-state index contributed by atoms with van der Waals surface area (Å²) >= 11 is 0. The van der Waals surface area contributed by atoms with Crippen molar-refractivity contribution in [2.75, 3.05) is 0 Å². The van der Waals surface area contributed by atoms with Gasteiger partial charge in [-0.05, 0) is 36.6 Å². The summed E-state index contributed by atoms with van der Waals surface area (Å²) in [5.41, 5.74) is 3.34. The zero-order valence-electron chi connectivity index (χ0n) is 10.2. The van der Waals surface area contributed by atoms with E-state index < -0.39 is 0 Å². The van der Waals surface area contributed by atoms with E-state index in [0.717, 1.165) is 23.0 Å². The topological polar surface area (TPSA) is 29.3 Å². The molecule has 1 aromatic heterocycles. The van der Waals surface area contributed by atoms with Gasteiger partial charge in [-0.25, -0.2) is 6.57 Å². The fourth-order valence-electron chi connectivity index (χ4n) is 2.20. The number of hydrogen-bond acceptors (Lipinski definition) is 2. The van der Waals surface area contributed by atoms with Gasteiger partial charge in [0, 0.05) is 29.7 Å². The number of hydrogen-bond donors (Lipinski definition) is 1. The van der Waals surface area contributed by atoms with Gasteiger partial charge >= 0.3 is 0 Å². The summed E-state index contributed by atoms with van der Waals surface area (Å²) in [6.45, 7) is 8.29. The van der Waals surface area contributed by atoms with Gasteiger partial charge in [-0.1, -0.05) is 6.07 Å². The van der Waals surface area contributed by atoms with Crippen LogP contribution in [0.4, 0.5) is 0 Å². The van der Waals surface area contributed by atoms with Gasteiger partial charge in [0.05, 0.1) is 5.52 Å². The molecule has 18 heavy (non-hydrogen) atoms. The van der Waals surface area contributed by atoms with Gasteiger partial charge in [0.2, 0.25) is 6.54 Å². The minimum Gasteiger partial charge on any atom is -0.312 e. The van der Waals surface area contributed by atoms with Crippen LogP contribution in [0.1, 0.15) is 24.0 Å². The normalized spacial score (nSPS) is 14.6. The number of rotatable bonds is 4. The van der Waals surface area contributed by atoms with E-state index in [1.807, 2.05) is 12.3 Å². The van der Waals surface area contributed by atoms with E-state index in [1.54, 1.807) is 0 Å². The SMILES string of the molecule is [C-]#[N+]Cc1cc(CNC2CC2)c2ncccc2c1. The Bertz CT molecular complexity index is 609. The van der Waals surface area contributed by atoms with Gasteiger partial charge in [0.15, 0.2) is 0 Å². The molecule has 90 valence electrons. The van der Waals surface area contributed by atoms with E-state index >= 15 is 0 Å². The number of aromatic nitrogens is 1.